The number of nitrogen functional groups attached to an aromatic ring is 1. The molecule has 0 radical (unpaired) electrons. The molecule has 0 saturated heterocycles. The Labute approximate surface area is 126 Å². The van der Waals surface area contributed by atoms with Crippen molar-refractivity contribution in [3.05, 3.63) is 58.7 Å². The summed E-state index contributed by atoms with van der Waals surface area (Å²) in [6.07, 6.45) is 1.09. The molecule has 3 heteroatoms. The first-order valence-corrected chi connectivity index (χ1v) is 7.18. The highest BCUT2D eigenvalue weighted by molar-refractivity contribution is 5.92. The van der Waals surface area contributed by atoms with E-state index in [0.717, 1.165) is 28.1 Å². The monoisotopic (exact) mass is 282 g/mol. The van der Waals surface area contributed by atoms with Crippen LogP contribution in [0.3, 0.4) is 0 Å². The predicted octanol–water partition coefficient (Wildman–Crippen LogP) is 3.77. The molecule has 21 heavy (non-hydrogen) atoms. The molecule has 0 aliphatic rings. The number of nitrogens with two attached hydrogens (primary N) is 1. The maximum absolute atomic E-state index is 12.1. The quantitative estimate of drug-likeness (QED) is 0.839. The van der Waals surface area contributed by atoms with E-state index in [2.05, 4.69) is 24.4 Å². The third-order valence-corrected chi connectivity index (χ3v) is 3.62. The molecule has 0 heterocycles. The number of amides is 1. The molecule has 1 amide bonds. The summed E-state index contributed by atoms with van der Waals surface area (Å²) in [5.41, 5.74) is 12.0. The van der Waals surface area contributed by atoms with E-state index in [0.29, 0.717) is 12.8 Å². The fourth-order valence-electron chi connectivity index (χ4n) is 2.59. The van der Waals surface area contributed by atoms with Crippen LogP contribution in [0.2, 0.25) is 0 Å². The van der Waals surface area contributed by atoms with Gasteiger partial charge in [-0.2, -0.15) is 0 Å². The van der Waals surface area contributed by atoms with Crippen LogP contribution in [-0.4, -0.2) is 5.91 Å². The summed E-state index contributed by atoms with van der Waals surface area (Å²) in [4.78, 5) is 12.1. The molecule has 0 unspecified atom stereocenters. The Morgan fingerprint density at radius 3 is 2.33 bits per heavy atom. The Bertz CT molecular complexity index is 639. The Kier molecular flexibility index (Phi) is 4.63. The number of hydrogen-bond acceptors (Lipinski definition) is 2. The zero-order valence-corrected chi connectivity index (χ0v) is 12.9. The van der Waals surface area contributed by atoms with Gasteiger partial charge in [-0.15, -0.1) is 0 Å². The molecule has 3 N–H and O–H groups in total. The molecule has 0 fully saturated rings. The third-order valence-electron chi connectivity index (χ3n) is 3.62. The van der Waals surface area contributed by atoms with Crippen molar-refractivity contribution in [2.75, 3.05) is 11.1 Å². The highest BCUT2D eigenvalue weighted by Crippen LogP contribution is 2.22. The third kappa shape index (κ3) is 3.85. The van der Waals surface area contributed by atoms with Crippen molar-refractivity contribution in [3.8, 4) is 0 Å². The lowest BCUT2D eigenvalue weighted by Gasteiger charge is -2.13. The van der Waals surface area contributed by atoms with Gasteiger partial charge in [-0.1, -0.05) is 35.9 Å². The van der Waals surface area contributed by atoms with Crippen molar-refractivity contribution in [2.45, 2.75) is 33.6 Å². The van der Waals surface area contributed by atoms with Crippen molar-refractivity contribution in [1.29, 1.82) is 0 Å². The maximum Gasteiger partial charge on any atom is 0.224 e. The lowest BCUT2D eigenvalue weighted by Crippen LogP contribution is -2.14. The second-order valence-electron chi connectivity index (χ2n) is 5.52. The summed E-state index contributed by atoms with van der Waals surface area (Å²) in [6, 6.07) is 11.8. The second kappa shape index (κ2) is 6.44. The predicted molar refractivity (Wildman–Crippen MR) is 88.5 cm³/mol. The van der Waals surface area contributed by atoms with Gasteiger partial charge in [0.05, 0.1) is 0 Å². The van der Waals surface area contributed by atoms with Gasteiger partial charge in [0, 0.05) is 17.8 Å². The zero-order chi connectivity index (χ0) is 15.4. The van der Waals surface area contributed by atoms with Crippen molar-refractivity contribution >= 4 is 17.3 Å². The number of para-hydroxylation sites is 1. The van der Waals surface area contributed by atoms with Crippen molar-refractivity contribution in [2.24, 2.45) is 0 Å². The van der Waals surface area contributed by atoms with Gasteiger partial charge < -0.3 is 11.1 Å². The first-order valence-electron chi connectivity index (χ1n) is 7.18. The number of carbonyl (C=O) groups excluding carboxylic acids is 1. The van der Waals surface area contributed by atoms with Crippen LogP contribution in [0.15, 0.2) is 36.4 Å². The number of carbonyl (C=O) groups is 1. The largest absolute Gasteiger partial charge is 0.399 e. The van der Waals surface area contributed by atoms with Crippen LogP contribution >= 0.6 is 0 Å². The number of anilines is 2. The summed E-state index contributed by atoms with van der Waals surface area (Å²) >= 11 is 0. The van der Waals surface area contributed by atoms with Gasteiger partial charge in [-0.25, -0.2) is 0 Å². The molecular weight excluding hydrogens is 260 g/mol. The zero-order valence-electron chi connectivity index (χ0n) is 12.9. The molecule has 0 aliphatic heterocycles. The average Bonchev–Trinajstić information content (AvgIpc) is 2.42. The van der Waals surface area contributed by atoms with Gasteiger partial charge in [0.2, 0.25) is 5.91 Å². The maximum atomic E-state index is 12.1. The fraction of sp³-hybridized carbons (Fsp3) is 0.278. The van der Waals surface area contributed by atoms with Crippen LogP contribution in [-0.2, 0) is 11.2 Å². The molecule has 2 aromatic carbocycles. The molecule has 0 atom stereocenters. The molecule has 0 aromatic heterocycles. The van der Waals surface area contributed by atoms with Crippen LogP contribution in [0, 0.1) is 20.8 Å². The van der Waals surface area contributed by atoms with E-state index in [-0.39, 0.29) is 5.91 Å². The van der Waals surface area contributed by atoms with Gasteiger partial charge in [-0.05, 0) is 49.9 Å². The summed E-state index contributed by atoms with van der Waals surface area (Å²) < 4.78 is 0. The van der Waals surface area contributed by atoms with Crippen LogP contribution in [0.1, 0.15) is 28.7 Å². The topological polar surface area (TPSA) is 55.1 Å². The Hall–Kier alpha value is -2.29. The first-order chi connectivity index (χ1) is 9.97. The fourth-order valence-corrected chi connectivity index (χ4v) is 2.59. The van der Waals surface area contributed by atoms with Gasteiger partial charge in [0.1, 0.15) is 0 Å². The Morgan fingerprint density at radius 2 is 1.71 bits per heavy atom. The number of benzene rings is 2. The molecule has 2 aromatic rings. The highest BCUT2D eigenvalue weighted by Gasteiger charge is 2.09. The molecular formula is C18H22N2O. The first kappa shape index (κ1) is 15.1. The SMILES string of the molecule is Cc1cc(C)c(NC(=O)CCc2ccccc2N)c(C)c1. The van der Waals surface area contributed by atoms with Crippen molar-refractivity contribution < 1.29 is 4.79 Å². The van der Waals surface area contributed by atoms with Gasteiger partial charge >= 0.3 is 0 Å². The highest BCUT2D eigenvalue weighted by atomic mass is 16.1. The lowest BCUT2D eigenvalue weighted by molar-refractivity contribution is -0.116. The van der Waals surface area contributed by atoms with E-state index >= 15 is 0 Å². The normalized spacial score (nSPS) is 10.4. The van der Waals surface area contributed by atoms with Gasteiger partial charge in [0.15, 0.2) is 0 Å². The van der Waals surface area contributed by atoms with Crippen molar-refractivity contribution in [1.82, 2.24) is 0 Å². The average molecular weight is 282 g/mol. The van der Waals surface area contributed by atoms with E-state index in [1.807, 2.05) is 38.1 Å². The lowest BCUT2D eigenvalue weighted by atomic mass is 10.0. The van der Waals surface area contributed by atoms with Crippen molar-refractivity contribution in [3.63, 3.8) is 0 Å². The molecule has 2 rings (SSSR count). The number of nitrogens with one attached hydrogen (secondary N) is 1. The van der Waals surface area contributed by atoms with Crippen LogP contribution in [0.25, 0.3) is 0 Å². The summed E-state index contributed by atoms with van der Waals surface area (Å²) in [5.74, 6) is 0.0216. The summed E-state index contributed by atoms with van der Waals surface area (Å²) in [6.45, 7) is 6.10. The number of hydrogen-bond donors (Lipinski definition) is 2. The molecule has 0 spiro atoms. The number of rotatable bonds is 4. The minimum atomic E-state index is 0.0216. The molecule has 3 nitrogen and oxygen atoms in total. The number of aryl methyl sites for hydroxylation is 4. The Morgan fingerprint density at radius 1 is 1.10 bits per heavy atom. The molecule has 110 valence electrons. The summed E-state index contributed by atoms with van der Waals surface area (Å²) in [7, 11) is 0. The van der Waals surface area contributed by atoms with Crippen LogP contribution < -0.4 is 11.1 Å². The van der Waals surface area contributed by atoms with Crippen LogP contribution in [0.4, 0.5) is 11.4 Å². The minimum absolute atomic E-state index is 0.0216. The standard InChI is InChI=1S/C18H22N2O/c1-12-10-13(2)18(14(3)11-12)20-17(21)9-8-15-6-4-5-7-16(15)19/h4-7,10-11H,8-9,19H2,1-3H3,(H,20,21). The van der Waals surface area contributed by atoms with E-state index in [1.165, 1.54) is 5.56 Å². The second-order valence-corrected chi connectivity index (χ2v) is 5.52. The smallest absolute Gasteiger partial charge is 0.224 e. The Balaban J connectivity index is 2.01. The molecule has 0 saturated carbocycles. The molecule has 0 aliphatic carbocycles. The van der Waals surface area contributed by atoms with E-state index < -0.39 is 0 Å². The summed E-state index contributed by atoms with van der Waals surface area (Å²) in [5, 5.41) is 3.02. The molecule has 0 bridgehead atoms. The minimum Gasteiger partial charge on any atom is -0.399 e. The van der Waals surface area contributed by atoms with Gasteiger partial charge in [-0.3, -0.25) is 4.79 Å². The van der Waals surface area contributed by atoms with E-state index in [1.54, 1.807) is 0 Å². The van der Waals surface area contributed by atoms with E-state index in [4.69, 9.17) is 5.73 Å². The van der Waals surface area contributed by atoms with Gasteiger partial charge in [0.25, 0.3) is 0 Å². The van der Waals surface area contributed by atoms with Crippen LogP contribution in [0.5, 0.6) is 0 Å². The van der Waals surface area contributed by atoms with E-state index in [9.17, 15) is 4.79 Å².